The van der Waals surface area contributed by atoms with E-state index in [-0.39, 0.29) is 12.3 Å². The first-order valence-electron chi connectivity index (χ1n) is 7.00. The molecule has 1 N–H and O–H groups in total. The third-order valence-corrected chi connectivity index (χ3v) is 3.82. The van der Waals surface area contributed by atoms with E-state index in [1.54, 1.807) is 42.5 Å². The Bertz CT molecular complexity index is 792. The number of hydrogen-bond acceptors (Lipinski definition) is 3. The summed E-state index contributed by atoms with van der Waals surface area (Å²) < 4.78 is 19.3. The summed E-state index contributed by atoms with van der Waals surface area (Å²) in [7, 11) is 0. The van der Waals surface area contributed by atoms with Crippen molar-refractivity contribution in [1.82, 2.24) is 0 Å². The van der Waals surface area contributed by atoms with E-state index in [0.717, 1.165) is 0 Å². The molecule has 23 heavy (non-hydrogen) atoms. The number of carbonyl (C=O) groups excluding carboxylic acids is 1. The molecule has 1 heterocycles. The van der Waals surface area contributed by atoms with E-state index in [2.05, 4.69) is 0 Å². The highest BCUT2D eigenvalue weighted by Gasteiger charge is 2.51. The molecule has 2 aromatic carbocycles. The Morgan fingerprint density at radius 2 is 1.87 bits per heavy atom. The molecule has 0 aromatic heterocycles. The fourth-order valence-corrected chi connectivity index (χ4v) is 2.49. The number of carboxylic acids is 1. The maximum Gasteiger partial charge on any atom is 0.357 e. The third kappa shape index (κ3) is 2.42. The summed E-state index contributed by atoms with van der Waals surface area (Å²) in [6, 6.07) is 12.7. The summed E-state index contributed by atoms with van der Waals surface area (Å²) in [6.07, 6.45) is 0. The number of carboxylic acid groups (broad SMARTS) is 1. The van der Waals surface area contributed by atoms with Crippen molar-refractivity contribution in [3.63, 3.8) is 0 Å². The maximum atomic E-state index is 13.9. The number of amides is 1. The highest BCUT2D eigenvalue weighted by Crippen LogP contribution is 2.38. The van der Waals surface area contributed by atoms with Crippen LogP contribution in [-0.2, 0) is 16.1 Å². The lowest BCUT2D eigenvalue weighted by Crippen LogP contribution is -2.58. The average molecular weight is 315 g/mol. The van der Waals surface area contributed by atoms with Crippen molar-refractivity contribution in [2.24, 2.45) is 0 Å². The van der Waals surface area contributed by atoms with Crippen LogP contribution >= 0.6 is 0 Å². The fraction of sp³-hybridized carbons (Fsp3) is 0.176. The predicted octanol–water partition coefficient (Wildman–Crippen LogP) is 2.59. The highest BCUT2D eigenvalue weighted by molar-refractivity contribution is 6.14. The molecule has 0 aliphatic carbocycles. The van der Waals surface area contributed by atoms with Gasteiger partial charge in [0.15, 0.2) is 0 Å². The average Bonchev–Trinajstić information content (AvgIpc) is 2.53. The van der Waals surface area contributed by atoms with Gasteiger partial charge in [0.25, 0.3) is 11.5 Å². The number of benzene rings is 2. The van der Waals surface area contributed by atoms with Crippen molar-refractivity contribution >= 4 is 17.6 Å². The van der Waals surface area contributed by atoms with Crippen LogP contribution in [0.2, 0.25) is 0 Å². The van der Waals surface area contributed by atoms with Gasteiger partial charge < -0.3 is 14.7 Å². The minimum Gasteiger partial charge on any atom is -0.478 e. The lowest BCUT2D eigenvalue weighted by atomic mass is 10.0. The van der Waals surface area contributed by atoms with Gasteiger partial charge in [0.05, 0.1) is 12.2 Å². The van der Waals surface area contributed by atoms with Crippen LogP contribution in [-0.4, -0.2) is 22.6 Å². The Morgan fingerprint density at radius 3 is 2.57 bits per heavy atom. The summed E-state index contributed by atoms with van der Waals surface area (Å²) in [6.45, 7) is 1.12. The van der Waals surface area contributed by atoms with Crippen molar-refractivity contribution < 1.29 is 23.8 Å². The molecule has 118 valence electrons. The van der Waals surface area contributed by atoms with E-state index in [0.29, 0.717) is 11.3 Å². The van der Waals surface area contributed by atoms with Gasteiger partial charge in [-0.05, 0) is 25.1 Å². The second kappa shape index (κ2) is 5.39. The summed E-state index contributed by atoms with van der Waals surface area (Å²) >= 11 is 0. The molecule has 1 unspecified atom stereocenters. The zero-order valence-corrected chi connectivity index (χ0v) is 12.3. The number of hydrogen-bond donors (Lipinski definition) is 1. The molecule has 2 aromatic rings. The second-order valence-electron chi connectivity index (χ2n) is 5.39. The van der Waals surface area contributed by atoms with Crippen molar-refractivity contribution in [1.29, 1.82) is 0 Å². The molecule has 0 saturated heterocycles. The minimum absolute atomic E-state index is 0.0747. The molecule has 1 amide bonds. The molecule has 0 spiro atoms. The molecule has 1 atom stereocenters. The van der Waals surface area contributed by atoms with Crippen LogP contribution in [0, 0.1) is 5.82 Å². The van der Waals surface area contributed by atoms with Gasteiger partial charge in [0.1, 0.15) is 11.6 Å². The standard InChI is InChI=1S/C17H14FNO4/c1-17(16(21)22)15(20)19(10-11-6-2-3-7-12(11)18)13-8-4-5-9-14(13)23-17/h2-9H,10H2,1H3,(H,21,22). The lowest BCUT2D eigenvalue weighted by molar-refractivity contribution is -0.161. The first-order chi connectivity index (χ1) is 10.9. The van der Waals surface area contributed by atoms with E-state index in [4.69, 9.17) is 4.74 Å². The highest BCUT2D eigenvalue weighted by atomic mass is 19.1. The molecule has 0 bridgehead atoms. The van der Waals surface area contributed by atoms with Crippen LogP contribution in [0.1, 0.15) is 12.5 Å². The SMILES string of the molecule is CC1(C(=O)O)Oc2ccccc2N(Cc2ccccc2F)C1=O. The number of anilines is 1. The Balaban J connectivity index is 2.08. The van der Waals surface area contributed by atoms with Crippen molar-refractivity contribution in [2.75, 3.05) is 4.90 Å². The van der Waals surface area contributed by atoms with Gasteiger partial charge in [-0.2, -0.15) is 0 Å². The van der Waals surface area contributed by atoms with Crippen molar-refractivity contribution in [2.45, 2.75) is 19.1 Å². The van der Waals surface area contributed by atoms with Crippen LogP contribution in [0.4, 0.5) is 10.1 Å². The molecule has 0 fully saturated rings. The number of ether oxygens (including phenoxy) is 1. The monoisotopic (exact) mass is 315 g/mol. The van der Waals surface area contributed by atoms with E-state index in [1.165, 1.54) is 17.9 Å². The lowest BCUT2D eigenvalue weighted by Gasteiger charge is -2.38. The molecule has 1 aliphatic heterocycles. The summed E-state index contributed by atoms with van der Waals surface area (Å²) in [5.74, 6) is -2.32. The molecule has 0 saturated carbocycles. The Labute approximate surface area is 131 Å². The number of aliphatic carboxylic acids is 1. The van der Waals surface area contributed by atoms with E-state index in [9.17, 15) is 19.1 Å². The quantitative estimate of drug-likeness (QED) is 0.884. The third-order valence-electron chi connectivity index (χ3n) is 3.82. The van der Waals surface area contributed by atoms with Crippen LogP contribution < -0.4 is 9.64 Å². The molecular weight excluding hydrogens is 301 g/mol. The summed E-state index contributed by atoms with van der Waals surface area (Å²) in [4.78, 5) is 25.4. The molecule has 5 nitrogen and oxygen atoms in total. The van der Waals surface area contributed by atoms with Crippen molar-refractivity contribution in [3.8, 4) is 5.75 Å². The molecule has 1 aliphatic rings. The smallest absolute Gasteiger partial charge is 0.357 e. The zero-order chi connectivity index (χ0) is 16.6. The second-order valence-corrected chi connectivity index (χ2v) is 5.39. The zero-order valence-electron chi connectivity index (χ0n) is 12.3. The van der Waals surface area contributed by atoms with E-state index < -0.39 is 23.3 Å². The van der Waals surface area contributed by atoms with E-state index >= 15 is 0 Å². The first kappa shape index (κ1) is 15.0. The molecule has 0 radical (unpaired) electrons. The largest absolute Gasteiger partial charge is 0.478 e. The van der Waals surface area contributed by atoms with Gasteiger partial charge in [-0.25, -0.2) is 9.18 Å². The van der Waals surface area contributed by atoms with Crippen LogP contribution in [0.15, 0.2) is 48.5 Å². The number of carbonyl (C=O) groups is 2. The van der Waals surface area contributed by atoms with Crippen LogP contribution in [0.5, 0.6) is 5.75 Å². The molecular formula is C17H14FNO4. The Morgan fingerprint density at radius 1 is 1.22 bits per heavy atom. The molecule has 3 rings (SSSR count). The van der Waals surface area contributed by atoms with Crippen LogP contribution in [0.3, 0.4) is 0 Å². The fourth-order valence-electron chi connectivity index (χ4n) is 2.49. The number of para-hydroxylation sites is 2. The minimum atomic E-state index is -2.04. The summed E-state index contributed by atoms with van der Waals surface area (Å²) in [5.41, 5.74) is -1.33. The maximum absolute atomic E-state index is 13.9. The molecule has 6 heteroatoms. The van der Waals surface area contributed by atoms with Gasteiger partial charge in [-0.15, -0.1) is 0 Å². The topological polar surface area (TPSA) is 66.8 Å². The van der Waals surface area contributed by atoms with Gasteiger partial charge in [0, 0.05) is 5.56 Å². The van der Waals surface area contributed by atoms with Crippen LogP contribution in [0.25, 0.3) is 0 Å². The van der Waals surface area contributed by atoms with Gasteiger partial charge in [-0.3, -0.25) is 4.79 Å². The Kier molecular flexibility index (Phi) is 3.52. The normalized spacial score (nSPS) is 19.9. The Hall–Kier alpha value is -2.89. The van der Waals surface area contributed by atoms with Gasteiger partial charge in [0.2, 0.25) is 0 Å². The number of fused-ring (bicyclic) bond motifs is 1. The number of halogens is 1. The number of rotatable bonds is 3. The van der Waals surface area contributed by atoms with E-state index in [1.807, 2.05) is 0 Å². The van der Waals surface area contributed by atoms with Gasteiger partial charge in [-0.1, -0.05) is 30.3 Å². The number of nitrogens with zero attached hydrogens (tertiary/aromatic N) is 1. The van der Waals surface area contributed by atoms with Crippen molar-refractivity contribution in [3.05, 3.63) is 59.9 Å². The van der Waals surface area contributed by atoms with Gasteiger partial charge >= 0.3 is 5.97 Å². The summed E-state index contributed by atoms with van der Waals surface area (Å²) in [5, 5.41) is 9.39. The first-order valence-corrected chi connectivity index (χ1v) is 7.00. The predicted molar refractivity (Wildman–Crippen MR) is 80.7 cm³/mol.